The van der Waals surface area contributed by atoms with Crippen LogP contribution in [-0.2, 0) is 0 Å². The Bertz CT molecular complexity index is 5210. The summed E-state index contributed by atoms with van der Waals surface area (Å²) < 4.78 is 9.63. The molecular weight excluding hydrogens is 1020 g/mol. The fourth-order valence-corrected chi connectivity index (χ4v) is 12.9. The molecule has 0 unspecified atom stereocenters. The molecule has 10 aromatic heterocycles. The van der Waals surface area contributed by atoms with Crippen molar-refractivity contribution >= 4 is 87.2 Å². The lowest BCUT2D eigenvalue weighted by molar-refractivity contribution is 1.01. The highest BCUT2D eigenvalue weighted by Gasteiger charge is 2.37. The standard InChI is InChI=1S/C71H44N12/c1-43-17-16-26-54(76-43)63-64(71-78-69(44-18-4-2-5-19-44)77-70(79-71)45-20-6-3-7-21-45)66(81-56-28-13-9-23-47(56)51-32-36-73-40-60(51)81)68(83-58-30-15-11-25-49(58)53-34-38-75-42-62(53)83)67(82-57-29-14-10-24-48(57)52-33-37-74-41-61(52)82)65(63)80-55-27-12-8-22-46(55)50-31-35-72-39-59(50)80/h2-42H,1H3. The predicted molar refractivity (Wildman–Crippen MR) is 333 cm³/mol. The van der Waals surface area contributed by atoms with Crippen molar-refractivity contribution in [1.82, 2.24) is 58.1 Å². The Labute approximate surface area is 473 Å². The van der Waals surface area contributed by atoms with E-state index in [0.717, 1.165) is 132 Å². The number of hydrogen-bond donors (Lipinski definition) is 0. The monoisotopic (exact) mass is 1060 g/mol. The highest BCUT2D eigenvalue weighted by atomic mass is 15.2. The van der Waals surface area contributed by atoms with Gasteiger partial charge in [-0.15, -0.1) is 0 Å². The number of pyridine rings is 5. The van der Waals surface area contributed by atoms with Gasteiger partial charge in [-0.2, -0.15) is 0 Å². The molecule has 7 aromatic carbocycles. The van der Waals surface area contributed by atoms with E-state index in [1.807, 2.05) is 86.0 Å². The van der Waals surface area contributed by atoms with Gasteiger partial charge >= 0.3 is 0 Å². The van der Waals surface area contributed by atoms with Gasteiger partial charge in [0, 0.05) is 90.3 Å². The molecule has 0 saturated heterocycles. The van der Waals surface area contributed by atoms with Gasteiger partial charge in [-0.1, -0.05) is 140 Å². The SMILES string of the molecule is Cc1cccc(-c2c(-c3nc(-c4ccccc4)nc(-c4ccccc4)n3)c(-n3c4ccccc4c4ccncc43)c(-n3c4ccccc4c4ccncc43)c(-n3c4ccccc4c4ccncc43)c2-n2c3ccccc3c3ccncc32)n1. The first-order valence-corrected chi connectivity index (χ1v) is 27.6. The first-order valence-electron chi connectivity index (χ1n) is 27.6. The number of fused-ring (bicyclic) bond motifs is 12. The molecule has 0 saturated carbocycles. The van der Waals surface area contributed by atoms with Gasteiger partial charge in [0.15, 0.2) is 17.5 Å². The molecule has 0 aliphatic rings. The second-order valence-electron chi connectivity index (χ2n) is 20.8. The first-order chi connectivity index (χ1) is 41.2. The highest BCUT2D eigenvalue weighted by Crippen LogP contribution is 2.54. The molecule has 17 rings (SSSR count). The number of rotatable bonds is 8. The molecule has 0 N–H and O–H groups in total. The van der Waals surface area contributed by atoms with E-state index in [0.29, 0.717) is 28.7 Å². The van der Waals surface area contributed by atoms with Gasteiger partial charge < -0.3 is 18.3 Å². The molecule has 12 heteroatoms. The number of benzene rings is 7. The summed E-state index contributed by atoms with van der Waals surface area (Å²) in [5.41, 5.74) is 15.3. The fraction of sp³-hybridized carbons (Fsp3) is 0.0141. The molecule has 12 nitrogen and oxygen atoms in total. The molecule has 0 spiro atoms. The smallest absolute Gasteiger partial charge is 0.167 e. The molecule has 17 aromatic rings. The van der Waals surface area contributed by atoms with Crippen LogP contribution in [0, 0.1) is 6.92 Å². The Hall–Kier alpha value is -11.5. The molecule has 83 heavy (non-hydrogen) atoms. The Morgan fingerprint density at radius 3 is 0.964 bits per heavy atom. The summed E-state index contributed by atoms with van der Waals surface area (Å²) in [7, 11) is 0. The van der Waals surface area contributed by atoms with E-state index in [4.69, 9.17) is 39.9 Å². The minimum absolute atomic E-state index is 0.427. The van der Waals surface area contributed by atoms with E-state index < -0.39 is 0 Å². The van der Waals surface area contributed by atoms with Gasteiger partial charge in [-0.25, -0.2) is 15.0 Å². The zero-order valence-corrected chi connectivity index (χ0v) is 44.5. The molecule has 0 atom stereocenters. The zero-order chi connectivity index (χ0) is 54.7. The predicted octanol–water partition coefficient (Wildman–Crippen LogP) is 16.2. The largest absolute Gasteiger partial charge is 0.305 e. The first kappa shape index (κ1) is 46.4. The summed E-state index contributed by atoms with van der Waals surface area (Å²) in [6.07, 6.45) is 15.5. The Morgan fingerprint density at radius 1 is 0.253 bits per heavy atom. The number of aromatic nitrogens is 12. The van der Waals surface area contributed by atoms with E-state index in [1.54, 1.807) is 0 Å². The third-order valence-corrected chi connectivity index (χ3v) is 16.3. The van der Waals surface area contributed by atoms with E-state index in [-0.39, 0.29) is 0 Å². The van der Waals surface area contributed by atoms with Crippen molar-refractivity contribution in [3.05, 3.63) is 255 Å². The second-order valence-corrected chi connectivity index (χ2v) is 20.8. The molecule has 388 valence electrons. The molecule has 0 aliphatic heterocycles. The molecule has 0 bridgehead atoms. The minimum atomic E-state index is 0.427. The maximum atomic E-state index is 5.79. The summed E-state index contributed by atoms with van der Waals surface area (Å²) in [5.74, 6) is 1.45. The van der Waals surface area contributed by atoms with Crippen molar-refractivity contribution in [2.45, 2.75) is 6.92 Å². The lowest BCUT2D eigenvalue weighted by Gasteiger charge is -2.30. The highest BCUT2D eigenvalue weighted by molar-refractivity contribution is 6.18. The summed E-state index contributed by atoms with van der Waals surface area (Å²) >= 11 is 0. The van der Waals surface area contributed by atoms with Crippen LogP contribution in [0.3, 0.4) is 0 Å². The second kappa shape index (κ2) is 18.3. The van der Waals surface area contributed by atoms with Crippen molar-refractivity contribution in [1.29, 1.82) is 0 Å². The van der Waals surface area contributed by atoms with Crippen LogP contribution < -0.4 is 0 Å². The van der Waals surface area contributed by atoms with Crippen molar-refractivity contribution in [3.63, 3.8) is 0 Å². The third kappa shape index (κ3) is 6.93. The zero-order valence-electron chi connectivity index (χ0n) is 44.5. The lowest BCUT2D eigenvalue weighted by atomic mass is 9.93. The molecular formula is C71H44N12. The quantitative estimate of drug-likeness (QED) is 0.147. The fourth-order valence-electron chi connectivity index (χ4n) is 12.9. The summed E-state index contributed by atoms with van der Waals surface area (Å²) in [6.45, 7) is 2.05. The van der Waals surface area contributed by atoms with Crippen LogP contribution in [0.4, 0.5) is 0 Å². The van der Waals surface area contributed by atoms with Crippen molar-refractivity contribution in [2.24, 2.45) is 0 Å². The van der Waals surface area contributed by atoms with Crippen LogP contribution in [-0.4, -0.2) is 58.1 Å². The summed E-state index contributed by atoms with van der Waals surface area (Å²) in [5, 5.41) is 8.36. The van der Waals surface area contributed by atoms with Gasteiger partial charge in [0.05, 0.1) is 103 Å². The normalized spacial score (nSPS) is 11.9. The maximum Gasteiger partial charge on any atom is 0.167 e. The van der Waals surface area contributed by atoms with Gasteiger partial charge in [0.2, 0.25) is 0 Å². The molecule has 0 fully saturated rings. The summed E-state index contributed by atoms with van der Waals surface area (Å²) in [6, 6.07) is 69.7. The maximum absolute atomic E-state index is 5.79. The van der Waals surface area contributed by atoms with Crippen LogP contribution in [0.5, 0.6) is 0 Å². The lowest BCUT2D eigenvalue weighted by Crippen LogP contribution is -2.17. The van der Waals surface area contributed by atoms with E-state index in [1.165, 1.54) is 0 Å². The van der Waals surface area contributed by atoms with Gasteiger partial charge in [0.25, 0.3) is 0 Å². The Morgan fingerprint density at radius 2 is 0.578 bits per heavy atom. The van der Waals surface area contributed by atoms with Crippen molar-refractivity contribution < 1.29 is 0 Å². The average molecular weight is 1070 g/mol. The molecule has 10 heterocycles. The van der Waals surface area contributed by atoms with Crippen molar-refractivity contribution in [2.75, 3.05) is 0 Å². The van der Waals surface area contributed by atoms with Crippen LogP contribution in [0.1, 0.15) is 5.69 Å². The molecule has 0 aliphatic carbocycles. The van der Waals surface area contributed by atoms with Gasteiger partial charge in [0.1, 0.15) is 0 Å². The number of nitrogens with zero attached hydrogens (tertiary/aromatic N) is 12. The van der Waals surface area contributed by atoms with Gasteiger partial charge in [-0.3, -0.25) is 24.9 Å². The number of para-hydroxylation sites is 4. The summed E-state index contributed by atoms with van der Waals surface area (Å²) in [4.78, 5) is 42.4. The topological polar surface area (TPSA) is 123 Å². The Balaban J connectivity index is 1.26. The number of hydrogen-bond acceptors (Lipinski definition) is 8. The minimum Gasteiger partial charge on any atom is -0.305 e. The average Bonchev–Trinajstić information content (AvgIpc) is 2.32. The number of aryl methyl sites for hydroxylation is 1. The Kier molecular flexibility index (Phi) is 10.2. The molecule has 0 amide bonds. The van der Waals surface area contributed by atoms with Crippen LogP contribution >= 0.6 is 0 Å². The van der Waals surface area contributed by atoms with E-state index >= 15 is 0 Å². The van der Waals surface area contributed by atoms with Crippen molar-refractivity contribution in [3.8, 4) is 68.2 Å². The van der Waals surface area contributed by atoms with Gasteiger partial charge in [-0.05, 0) is 67.6 Å². The van der Waals surface area contributed by atoms with Crippen LogP contribution in [0.2, 0.25) is 0 Å². The van der Waals surface area contributed by atoms with E-state index in [2.05, 4.69) is 189 Å². The van der Waals surface area contributed by atoms with Crippen LogP contribution in [0.25, 0.3) is 155 Å². The third-order valence-electron chi connectivity index (χ3n) is 16.3. The van der Waals surface area contributed by atoms with E-state index in [9.17, 15) is 0 Å². The van der Waals surface area contributed by atoms with Crippen LogP contribution in [0.15, 0.2) is 250 Å². The molecule has 0 radical (unpaired) electrons.